The first-order valence-corrected chi connectivity index (χ1v) is 4.26. The number of amides is 1. The molecule has 0 aliphatic carbocycles. The molecule has 1 N–H and O–H groups in total. The highest BCUT2D eigenvalue weighted by Gasteiger charge is 2.03. The third-order valence-corrected chi connectivity index (χ3v) is 1.45. The van der Waals surface area contributed by atoms with Crippen molar-refractivity contribution in [3.05, 3.63) is 0 Å². The van der Waals surface area contributed by atoms with Crippen LogP contribution in [0.4, 0.5) is 4.79 Å². The molecule has 0 heterocycles. The van der Waals surface area contributed by atoms with Gasteiger partial charge in [-0.1, -0.05) is 11.8 Å². The van der Waals surface area contributed by atoms with Crippen LogP contribution in [0.5, 0.6) is 0 Å². The van der Waals surface area contributed by atoms with Crippen molar-refractivity contribution in [2.45, 2.75) is 13.0 Å². The van der Waals surface area contributed by atoms with E-state index in [9.17, 15) is 4.79 Å². The highest BCUT2D eigenvalue weighted by molar-refractivity contribution is 8.12. The van der Waals surface area contributed by atoms with E-state index in [2.05, 4.69) is 5.32 Å². The Bertz CT molecular complexity index is 108. The van der Waals surface area contributed by atoms with Crippen LogP contribution < -0.4 is 5.32 Å². The molecule has 0 aromatic heterocycles. The zero-order chi connectivity index (χ0) is 7.98. The van der Waals surface area contributed by atoms with Gasteiger partial charge < -0.3 is 10.1 Å². The van der Waals surface area contributed by atoms with Crippen LogP contribution in [0.2, 0.25) is 0 Å². The molecular formula is C6H13NO2S. The van der Waals surface area contributed by atoms with E-state index in [4.69, 9.17) is 4.74 Å². The minimum Gasteiger partial charge on any atom is -0.383 e. The van der Waals surface area contributed by atoms with Crippen molar-refractivity contribution in [1.29, 1.82) is 0 Å². The molecule has 0 aliphatic rings. The third-order valence-electron chi connectivity index (χ3n) is 0.966. The number of nitrogens with one attached hydrogen (secondary N) is 1. The van der Waals surface area contributed by atoms with E-state index in [1.165, 1.54) is 11.8 Å². The van der Waals surface area contributed by atoms with Gasteiger partial charge in [0.25, 0.3) is 5.24 Å². The van der Waals surface area contributed by atoms with E-state index in [0.29, 0.717) is 6.61 Å². The molecular weight excluding hydrogens is 150 g/mol. The third kappa shape index (κ3) is 4.64. The zero-order valence-corrected chi connectivity index (χ0v) is 7.33. The maximum absolute atomic E-state index is 10.7. The molecule has 0 bridgehead atoms. The second kappa shape index (κ2) is 5.56. The predicted molar refractivity (Wildman–Crippen MR) is 43.4 cm³/mol. The summed E-state index contributed by atoms with van der Waals surface area (Å²) in [5, 5.41) is 2.72. The zero-order valence-electron chi connectivity index (χ0n) is 6.51. The molecule has 0 aliphatic heterocycles. The minimum atomic E-state index is -0.00968. The minimum absolute atomic E-state index is 0.00968. The summed E-state index contributed by atoms with van der Waals surface area (Å²) in [6, 6.07) is 0.102. The van der Waals surface area contributed by atoms with Crippen molar-refractivity contribution in [2.75, 3.05) is 20.0 Å². The lowest BCUT2D eigenvalue weighted by atomic mass is 10.4. The van der Waals surface area contributed by atoms with Crippen LogP contribution in [0.3, 0.4) is 0 Å². The van der Waals surface area contributed by atoms with Gasteiger partial charge in [0, 0.05) is 7.11 Å². The number of ether oxygens (including phenoxy) is 1. The lowest BCUT2D eigenvalue weighted by Crippen LogP contribution is -2.32. The van der Waals surface area contributed by atoms with Gasteiger partial charge in [0.15, 0.2) is 0 Å². The lowest BCUT2D eigenvalue weighted by molar-refractivity contribution is 0.174. The van der Waals surface area contributed by atoms with E-state index in [0.717, 1.165) is 0 Å². The van der Waals surface area contributed by atoms with Gasteiger partial charge >= 0.3 is 0 Å². The molecule has 1 amide bonds. The summed E-state index contributed by atoms with van der Waals surface area (Å²) in [5.74, 6) is 0. The first-order valence-electron chi connectivity index (χ1n) is 3.04. The smallest absolute Gasteiger partial charge is 0.279 e. The molecule has 0 aromatic rings. The number of methoxy groups -OCH3 is 1. The molecule has 0 saturated heterocycles. The molecule has 0 unspecified atom stereocenters. The largest absolute Gasteiger partial charge is 0.383 e. The van der Waals surface area contributed by atoms with Crippen molar-refractivity contribution in [3.63, 3.8) is 0 Å². The molecule has 0 fully saturated rings. The summed E-state index contributed by atoms with van der Waals surface area (Å²) in [6.45, 7) is 2.46. The quantitative estimate of drug-likeness (QED) is 0.677. The van der Waals surface area contributed by atoms with Crippen LogP contribution in [0.1, 0.15) is 6.92 Å². The Morgan fingerprint density at radius 1 is 1.80 bits per heavy atom. The number of carbonyl (C=O) groups is 1. The van der Waals surface area contributed by atoms with E-state index in [1.807, 2.05) is 6.92 Å². The molecule has 60 valence electrons. The van der Waals surface area contributed by atoms with Crippen molar-refractivity contribution >= 4 is 17.0 Å². The van der Waals surface area contributed by atoms with Crippen LogP contribution >= 0.6 is 11.8 Å². The van der Waals surface area contributed by atoms with Crippen LogP contribution in [0.25, 0.3) is 0 Å². The van der Waals surface area contributed by atoms with Crippen molar-refractivity contribution < 1.29 is 9.53 Å². The Morgan fingerprint density at radius 3 is 2.80 bits per heavy atom. The average Bonchev–Trinajstić information content (AvgIpc) is 1.88. The highest BCUT2D eigenvalue weighted by atomic mass is 32.2. The molecule has 0 spiro atoms. The van der Waals surface area contributed by atoms with Gasteiger partial charge in [0.05, 0.1) is 12.6 Å². The van der Waals surface area contributed by atoms with Crippen LogP contribution in [-0.4, -0.2) is 31.3 Å². The monoisotopic (exact) mass is 163 g/mol. The van der Waals surface area contributed by atoms with Crippen LogP contribution in [0.15, 0.2) is 0 Å². The Kier molecular flexibility index (Phi) is 5.43. The fourth-order valence-corrected chi connectivity index (χ4v) is 0.871. The number of hydrogen-bond donors (Lipinski definition) is 1. The van der Waals surface area contributed by atoms with Gasteiger partial charge in [0.2, 0.25) is 0 Å². The summed E-state index contributed by atoms with van der Waals surface area (Å²) >= 11 is 1.17. The van der Waals surface area contributed by atoms with E-state index in [1.54, 1.807) is 13.4 Å². The Morgan fingerprint density at radius 2 is 2.40 bits per heavy atom. The lowest BCUT2D eigenvalue weighted by Gasteiger charge is -2.10. The fraction of sp³-hybridized carbons (Fsp3) is 0.833. The molecule has 10 heavy (non-hydrogen) atoms. The molecule has 1 atom stereocenters. The highest BCUT2D eigenvalue weighted by Crippen LogP contribution is 1.94. The van der Waals surface area contributed by atoms with Crippen molar-refractivity contribution in [2.24, 2.45) is 0 Å². The van der Waals surface area contributed by atoms with Gasteiger partial charge in [-0.3, -0.25) is 4.79 Å². The molecule has 0 saturated carbocycles. The predicted octanol–water partition coefficient (Wildman–Crippen LogP) is 1.09. The second-order valence-electron chi connectivity index (χ2n) is 1.99. The van der Waals surface area contributed by atoms with Gasteiger partial charge in [-0.15, -0.1) is 0 Å². The fourth-order valence-electron chi connectivity index (χ4n) is 0.552. The maximum atomic E-state index is 10.7. The molecule has 3 nitrogen and oxygen atoms in total. The van der Waals surface area contributed by atoms with E-state index >= 15 is 0 Å². The number of thioether (sulfide) groups is 1. The Hall–Kier alpha value is -0.220. The first-order chi connectivity index (χ1) is 4.70. The van der Waals surface area contributed by atoms with Gasteiger partial charge in [-0.05, 0) is 13.2 Å². The maximum Gasteiger partial charge on any atom is 0.279 e. The van der Waals surface area contributed by atoms with Crippen LogP contribution in [0, 0.1) is 0 Å². The number of rotatable bonds is 3. The second-order valence-corrected chi connectivity index (χ2v) is 2.77. The van der Waals surface area contributed by atoms with Gasteiger partial charge in [-0.2, -0.15) is 0 Å². The summed E-state index contributed by atoms with van der Waals surface area (Å²) < 4.78 is 4.83. The van der Waals surface area contributed by atoms with E-state index in [-0.39, 0.29) is 11.3 Å². The normalized spacial score (nSPS) is 12.7. The van der Waals surface area contributed by atoms with Gasteiger partial charge in [0.1, 0.15) is 0 Å². The Balaban J connectivity index is 3.37. The average molecular weight is 163 g/mol. The topological polar surface area (TPSA) is 38.3 Å². The Labute approximate surface area is 65.5 Å². The first kappa shape index (κ1) is 9.78. The number of hydrogen-bond acceptors (Lipinski definition) is 3. The van der Waals surface area contributed by atoms with Gasteiger partial charge in [-0.25, -0.2) is 0 Å². The van der Waals surface area contributed by atoms with Crippen molar-refractivity contribution in [1.82, 2.24) is 5.32 Å². The van der Waals surface area contributed by atoms with Crippen molar-refractivity contribution in [3.8, 4) is 0 Å². The molecule has 0 rings (SSSR count). The number of carbonyl (C=O) groups excluding carboxylic acids is 1. The SMILES string of the molecule is COC[C@@H](C)NC(=O)SC. The molecule has 4 heteroatoms. The molecule has 0 radical (unpaired) electrons. The van der Waals surface area contributed by atoms with E-state index < -0.39 is 0 Å². The summed E-state index contributed by atoms with van der Waals surface area (Å²) in [4.78, 5) is 10.7. The summed E-state index contributed by atoms with van der Waals surface area (Å²) in [5.41, 5.74) is 0. The molecule has 0 aromatic carbocycles. The van der Waals surface area contributed by atoms with Crippen LogP contribution in [-0.2, 0) is 4.74 Å². The summed E-state index contributed by atoms with van der Waals surface area (Å²) in [6.07, 6.45) is 1.74. The summed E-state index contributed by atoms with van der Waals surface area (Å²) in [7, 11) is 1.61. The standard InChI is InChI=1S/C6H13NO2S/c1-5(4-9-2)7-6(8)10-3/h5H,4H2,1-3H3,(H,7,8)/t5-/m1/s1.